The topological polar surface area (TPSA) is 0 Å². The highest BCUT2D eigenvalue weighted by Crippen LogP contribution is 2.35. The molecule has 0 amide bonds. The Kier molecular flexibility index (Phi) is 2.73. The number of allylic oxidation sites excluding steroid dienone is 2. The van der Waals surface area contributed by atoms with Crippen LogP contribution in [0.3, 0.4) is 0 Å². The van der Waals surface area contributed by atoms with Crippen molar-refractivity contribution in [1.82, 2.24) is 0 Å². The Morgan fingerprint density at radius 3 is 2.70 bits per heavy atom. The van der Waals surface area contributed by atoms with Crippen LogP contribution in [0.15, 0.2) is 24.8 Å². The van der Waals surface area contributed by atoms with Crippen LogP contribution in [0.5, 0.6) is 0 Å². The van der Waals surface area contributed by atoms with E-state index in [-0.39, 0.29) is 0 Å². The molecular formula is C10H16. The maximum absolute atomic E-state index is 4.02. The molecule has 0 aromatic heterocycles. The van der Waals surface area contributed by atoms with E-state index in [1.165, 1.54) is 24.8 Å². The average Bonchev–Trinajstić information content (AvgIpc) is 2.67. The third-order valence-electron chi connectivity index (χ3n) is 1.98. The van der Waals surface area contributed by atoms with Gasteiger partial charge in [-0.3, -0.25) is 0 Å². The molecule has 0 radical (unpaired) electrons. The molecule has 0 unspecified atom stereocenters. The quantitative estimate of drug-likeness (QED) is 0.509. The molecule has 0 spiro atoms. The maximum Gasteiger partial charge on any atom is -0.0288 e. The Balaban J connectivity index is 2.02. The second-order valence-corrected chi connectivity index (χ2v) is 3.22. The first kappa shape index (κ1) is 7.59. The van der Waals surface area contributed by atoms with E-state index in [0.717, 1.165) is 18.8 Å². The van der Waals surface area contributed by atoms with E-state index < -0.39 is 0 Å². The second-order valence-electron chi connectivity index (χ2n) is 3.22. The molecule has 0 aliphatic heterocycles. The molecule has 0 saturated heterocycles. The summed E-state index contributed by atoms with van der Waals surface area (Å²) in [7, 11) is 0. The van der Waals surface area contributed by atoms with Gasteiger partial charge < -0.3 is 0 Å². The van der Waals surface area contributed by atoms with Gasteiger partial charge in [0.2, 0.25) is 0 Å². The van der Waals surface area contributed by atoms with Crippen molar-refractivity contribution >= 4 is 0 Å². The minimum absolute atomic E-state index is 0.998. The monoisotopic (exact) mass is 136 g/mol. The van der Waals surface area contributed by atoms with Gasteiger partial charge in [0.25, 0.3) is 0 Å². The lowest BCUT2D eigenvalue weighted by atomic mass is 10.1. The van der Waals surface area contributed by atoms with E-state index in [2.05, 4.69) is 13.2 Å². The van der Waals surface area contributed by atoms with Gasteiger partial charge in [-0.2, -0.15) is 0 Å². The van der Waals surface area contributed by atoms with Crippen molar-refractivity contribution < 1.29 is 0 Å². The largest absolute Gasteiger partial charge is 0.103 e. The summed E-state index contributed by atoms with van der Waals surface area (Å²) < 4.78 is 0. The first-order valence-corrected chi connectivity index (χ1v) is 4.10. The van der Waals surface area contributed by atoms with Crippen molar-refractivity contribution in [3.8, 4) is 0 Å². The van der Waals surface area contributed by atoms with Crippen LogP contribution in [0.25, 0.3) is 0 Å². The fraction of sp³-hybridized carbons (Fsp3) is 0.600. The summed E-state index contributed by atoms with van der Waals surface area (Å²) in [6.07, 6.45) is 8.37. The van der Waals surface area contributed by atoms with E-state index in [1.54, 1.807) is 0 Å². The van der Waals surface area contributed by atoms with Crippen molar-refractivity contribution in [2.75, 3.05) is 0 Å². The number of hydrogen-bond acceptors (Lipinski definition) is 0. The molecule has 56 valence electrons. The van der Waals surface area contributed by atoms with E-state index in [0.29, 0.717) is 0 Å². The van der Waals surface area contributed by atoms with Crippen LogP contribution in [-0.4, -0.2) is 0 Å². The van der Waals surface area contributed by atoms with Crippen LogP contribution in [0, 0.1) is 5.92 Å². The average molecular weight is 136 g/mol. The minimum Gasteiger partial charge on any atom is -0.103 e. The Labute approximate surface area is 63.6 Å². The predicted molar refractivity (Wildman–Crippen MR) is 45.9 cm³/mol. The van der Waals surface area contributed by atoms with Gasteiger partial charge in [-0.25, -0.2) is 0 Å². The lowest BCUT2D eigenvalue weighted by Gasteiger charge is -2.00. The van der Waals surface area contributed by atoms with E-state index in [4.69, 9.17) is 0 Å². The Hall–Kier alpha value is -0.520. The zero-order chi connectivity index (χ0) is 7.40. The summed E-state index contributed by atoms with van der Waals surface area (Å²) in [5.41, 5.74) is 1.42. The fourth-order valence-electron chi connectivity index (χ4n) is 1.14. The van der Waals surface area contributed by atoms with Gasteiger partial charge in [0, 0.05) is 0 Å². The SMILES string of the molecule is C=CCCC(=C)CC1CC1. The predicted octanol–water partition coefficient (Wildman–Crippen LogP) is 3.31. The molecule has 0 heteroatoms. The molecule has 10 heavy (non-hydrogen) atoms. The van der Waals surface area contributed by atoms with Crippen molar-refractivity contribution in [3.05, 3.63) is 24.8 Å². The second kappa shape index (κ2) is 3.60. The lowest BCUT2D eigenvalue weighted by molar-refractivity contribution is 0.775. The molecule has 0 N–H and O–H groups in total. The third kappa shape index (κ3) is 2.86. The van der Waals surface area contributed by atoms with Crippen LogP contribution in [0.2, 0.25) is 0 Å². The molecule has 0 heterocycles. The fourth-order valence-corrected chi connectivity index (χ4v) is 1.14. The summed E-state index contributed by atoms with van der Waals surface area (Å²) in [5, 5.41) is 0. The van der Waals surface area contributed by atoms with Crippen molar-refractivity contribution in [2.24, 2.45) is 5.92 Å². The highest BCUT2D eigenvalue weighted by atomic mass is 14.3. The van der Waals surface area contributed by atoms with Gasteiger partial charge >= 0.3 is 0 Å². The van der Waals surface area contributed by atoms with Crippen LogP contribution in [-0.2, 0) is 0 Å². The molecule has 1 aliphatic carbocycles. The van der Waals surface area contributed by atoms with E-state index >= 15 is 0 Å². The molecule has 0 nitrogen and oxygen atoms in total. The standard InChI is InChI=1S/C10H16/c1-3-4-5-9(2)8-10-6-7-10/h3,10H,1-2,4-8H2. The van der Waals surface area contributed by atoms with Gasteiger partial charge in [0.1, 0.15) is 0 Å². The highest BCUT2D eigenvalue weighted by Gasteiger charge is 2.21. The summed E-state index contributed by atoms with van der Waals surface area (Å²) in [6.45, 7) is 7.71. The van der Waals surface area contributed by atoms with Gasteiger partial charge in [0.15, 0.2) is 0 Å². The molecule has 1 fully saturated rings. The van der Waals surface area contributed by atoms with Crippen molar-refractivity contribution in [2.45, 2.75) is 32.1 Å². The molecule has 0 atom stereocenters. The summed E-state index contributed by atoms with van der Waals surface area (Å²) in [5.74, 6) is 0.998. The summed E-state index contributed by atoms with van der Waals surface area (Å²) >= 11 is 0. The highest BCUT2D eigenvalue weighted by molar-refractivity contribution is 4.99. The van der Waals surface area contributed by atoms with Crippen molar-refractivity contribution in [3.63, 3.8) is 0 Å². The number of rotatable bonds is 5. The van der Waals surface area contributed by atoms with Gasteiger partial charge in [-0.15, -0.1) is 6.58 Å². The molecule has 0 aromatic rings. The van der Waals surface area contributed by atoms with Crippen LogP contribution in [0.1, 0.15) is 32.1 Å². The Morgan fingerprint density at radius 2 is 2.20 bits per heavy atom. The molecule has 1 saturated carbocycles. The minimum atomic E-state index is 0.998. The Bertz CT molecular complexity index is 129. The van der Waals surface area contributed by atoms with Crippen LogP contribution in [0.4, 0.5) is 0 Å². The lowest BCUT2D eigenvalue weighted by Crippen LogP contribution is -1.82. The third-order valence-corrected chi connectivity index (χ3v) is 1.98. The first-order valence-electron chi connectivity index (χ1n) is 4.10. The van der Waals surface area contributed by atoms with Crippen LogP contribution < -0.4 is 0 Å². The van der Waals surface area contributed by atoms with E-state index in [9.17, 15) is 0 Å². The summed E-state index contributed by atoms with van der Waals surface area (Å²) in [6, 6.07) is 0. The zero-order valence-corrected chi connectivity index (χ0v) is 6.60. The molecular weight excluding hydrogens is 120 g/mol. The molecule has 0 bridgehead atoms. The summed E-state index contributed by atoms with van der Waals surface area (Å²) in [4.78, 5) is 0. The van der Waals surface area contributed by atoms with Gasteiger partial charge in [-0.1, -0.05) is 18.2 Å². The molecule has 1 rings (SSSR count). The normalized spacial score (nSPS) is 16.8. The maximum atomic E-state index is 4.02. The molecule has 1 aliphatic rings. The first-order chi connectivity index (χ1) is 4.83. The Morgan fingerprint density at radius 1 is 1.50 bits per heavy atom. The number of hydrogen-bond donors (Lipinski definition) is 0. The van der Waals surface area contributed by atoms with Crippen LogP contribution >= 0.6 is 0 Å². The van der Waals surface area contributed by atoms with E-state index in [1.807, 2.05) is 6.08 Å². The van der Waals surface area contributed by atoms with Gasteiger partial charge in [0.05, 0.1) is 0 Å². The van der Waals surface area contributed by atoms with Crippen molar-refractivity contribution in [1.29, 1.82) is 0 Å². The molecule has 0 aromatic carbocycles. The smallest absolute Gasteiger partial charge is 0.0288 e. The van der Waals surface area contributed by atoms with Gasteiger partial charge in [-0.05, 0) is 38.0 Å². The zero-order valence-electron chi connectivity index (χ0n) is 6.60.